The van der Waals surface area contributed by atoms with E-state index in [1.54, 1.807) is 0 Å². The van der Waals surface area contributed by atoms with Gasteiger partial charge in [-0.05, 0) is 31.0 Å². The van der Waals surface area contributed by atoms with Crippen LogP contribution in [0.2, 0.25) is 0 Å². The van der Waals surface area contributed by atoms with Gasteiger partial charge in [-0.2, -0.15) is 5.10 Å². The minimum atomic E-state index is 0.0454. The van der Waals surface area contributed by atoms with Crippen LogP contribution in [0.25, 0.3) is 11.3 Å². The Morgan fingerprint density at radius 1 is 1.00 bits per heavy atom. The molecule has 2 aromatic carbocycles. The van der Waals surface area contributed by atoms with Crippen LogP contribution >= 0.6 is 11.8 Å². The van der Waals surface area contributed by atoms with Crippen LogP contribution in [0.4, 0.5) is 5.69 Å². The van der Waals surface area contributed by atoms with E-state index in [1.165, 1.54) is 16.1 Å². The van der Waals surface area contributed by atoms with E-state index in [4.69, 9.17) is 9.84 Å². The maximum absolute atomic E-state index is 13.5. The summed E-state index contributed by atoms with van der Waals surface area (Å²) in [5.74, 6) is 0.830. The van der Waals surface area contributed by atoms with Gasteiger partial charge in [0.15, 0.2) is 5.69 Å². The van der Waals surface area contributed by atoms with Crippen molar-refractivity contribution in [3.05, 3.63) is 65.9 Å². The Hall–Kier alpha value is -2.77. The van der Waals surface area contributed by atoms with Crippen molar-refractivity contribution in [2.75, 3.05) is 44.3 Å². The molecule has 6 nitrogen and oxygen atoms in total. The van der Waals surface area contributed by atoms with Crippen LogP contribution in [0.15, 0.2) is 59.5 Å². The highest BCUT2D eigenvalue weighted by Gasteiger charge is 2.34. The second-order valence-electron chi connectivity index (χ2n) is 8.89. The summed E-state index contributed by atoms with van der Waals surface area (Å²) in [5.41, 5.74) is 5.32. The van der Waals surface area contributed by atoms with Gasteiger partial charge in [-0.15, -0.1) is 11.8 Å². The average molecular weight is 461 g/mol. The molecule has 3 aromatic rings. The zero-order valence-corrected chi connectivity index (χ0v) is 19.5. The number of fused-ring (bicyclic) bond motifs is 3. The third-order valence-corrected chi connectivity index (χ3v) is 7.99. The Labute approximate surface area is 198 Å². The minimum Gasteiger partial charge on any atom is -0.378 e. The number of anilines is 1. The fourth-order valence-electron chi connectivity index (χ4n) is 5.21. The van der Waals surface area contributed by atoms with E-state index in [9.17, 15) is 4.79 Å². The number of thioether (sulfide) groups is 1. The first kappa shape index (κ1) is 20.8. The smallest absolute Gasteiger partial charge is 0.274 e. The van der Waals surface area contributed by atoms with E-state index >= 15 is 0 Å². The summed E-state index contributed by atoms with van der Waals surface area (Å²) in [4.78, 5) is 19.2. The third kappa shape index (κ3) is 3.83. The van der Waals surface area contributed by atoms with Gasteiger partial charge >= 0.3 is 0 Å². The predicted molar refractivity (Wildman–Crippen MR) is 131 cm³/mol. The van der Waals surface area contributed by atoms with Gasteiger partial charge in [0.1, 0.15) is 0 Å². The van der Waals surface area contributed by atoms with Crippen LogP contribution in [0.1, 0.15) is 34.9 Å². The number of hydrogen-bond acceptors (Lipinski definition) is 5. The number of carbonyl (C=O) groups excluding carboxylic acids is 1. The summed E-state index contributed by atoms with van der Waals surface area (Å²) in [5, 5.41) is 5.06. The van der Waals surface area contributed by atoms with Crippen LogP contribution in [0.3, 0.4) is 0 Å². The molecule has 1 amide bonds. The van der Waals surface area contributed by atoms with Gasteiger partial charge in [0.05, 0.1) is 24.9 Å². The molecule has 1 aromatic heterocycles. The van der Waals surface area contributed by atoms with Crippen LogP contribution in [0, 0.1) is 0 Å². The molecule has 4 heterocycles. The molecule has 0 bridgehead atoms. The molecule has 170 valence electrons. The number of nitrogens with zero attached hydrogens (tertiary/aromatic N) is 4. The van der Waals surface area contributed by atoms with E-state index in [1.807, 2.05) is 16.7 Å². The maximum atomic E-state index is 13.5. The second kappa shape index (κ2) is 8.88. The first-order chi connectivity index (χ1) is 16.3. The zero-order chi connectivity index (χ0) is 22.2. The van der Waals surface area contributed by atoms with E-state index in [2.05, 4.69) is 64.2 Å². The molecule has 3 aliphatic rings. The van der Waals surface area contributed by atoms with Crippen LogP contribution in [0.5, 0.6) is 0 Å². The number of piperidine rings is 1. The number of benzene rings is 2. The summed E-state index contributed by atoms with van der Waals surface area (Å²) in [6, 6.07) is 19.4. The van der Waals surface area contributed by atoms with E-state index in [0.29, 0.717) is 32.0 Å². The number of carbonyl (C=O) groups is 1. The summed E-state index contributed by atoms with van der Waals surface area (Å²) in [6.45, 7) is 4.42. The minimum absolute atomic E-state index is 0.0454. The Bertz CT molecular complexity index is 1160. The van der Waals surface area contributed by atoms with Gasteiger partial charge in [-0.1, -0.05) is 36.4 Å². The number of ether oxygens (including phenoxy) is 1. The Morgan fingerprint density at radius 3 is 2.64 bits per heavy atom. The Balaban J connectivity index is 1.41. The molecule has 0 N–H and O–H groups in total. The van der Waals surface area contributed by atoms with Crippen LogP contribution in [-0.2, 0) is 10.5 Å². The SMILES string of the molecule is O=C(c1nn(C2CCCN(c3ccccc3)C2)c2c1CSc1ccccc1-2)N1CCOCC1. The topological polar surface area (TPSA) is 50.6 Å². The highest BCUT2D eigenvalue weighted by atomic mass is 32.2. The molecule has 2 fully saturated rings. The number of rotatable bonds is 3. The lowest BCUT2D eigenvalue weighted by Gasteiger charge is -2.35. The second-order valence-corrected chi connectivity index (χ2v) is 9.90. The lowest BCUT2D eigenvalue weighted by Crippen LogP contribution is -2.41. The molecule has 1 atom stereocenters. The van der Waals surface area contributed by atoms with Crippen molar-refractivity contribution < 1.29 is 9.53 Å². The lowest BCUT2D eigenvalue weighted by molar-refractivity contribution is 0.0297. The van der Waals surface area contributed by atoms with Gasteiger partial charge in [0.2, 0.25) is 0 Å². The summed E-state index contributed by atoms with van der Waals surface area (Å²) in [7, 11) is 0. The maximum Gasteiger partial charge on any atom is 0.274 e. The monoisotopic (exact) mass is 460 g/mol. The van der Waals surface area contributed by atoms with Crippen molar-refractivity contribution in [2.45, 2.75) is 29.5 Å². The number of hydrogen-bond donors (Lipinski definition) is 0. The van der Waals surface area contributed by atoms with Crippen LogP contribution in [-0.4, -0.2) is 60.0 Å². The quantitative estimate of drug-likeness (QED) is 0.577. The van der Waals surface area contributed by atoms with Gasteiger partial charge in [-0.25, -0.2) is 0 Å². The molecule has 6 rings (SSSR count). The van der Waals surface area contributed by atoms with E-state index < -0.39 is 0 Å². The van der Waals surface area contributed by atoms with Crippen molar-refractivity contribution in [2.24, 2.45) is 0 Å². The fourth-order valence-corrected chi connectivity index (χ4v) is 6.28. The van der Waals surface area contributed by atoms with Gasteiger partial charge in [-0.3, -0.25) is 9.48 Å². The number of aromatic nitrogens is 2. The van der Waals surface area contributed by atoms with Crippen molar-refractivity contribution in [3.63, 3.8) is 0 Å². The van der Waals surface area contributed by atoms with Gasteiger partial charge in [0.25, 0.3) is 5.91 Å². The van der Waals surface area contributed by atoms with Gasteiger partial charge < -0.3 is 14.5 Å². The highest BCUT2D eigenvalue weighted by molar-refractivity contribution is 7.98. The zero-order valence-electron chi connectivity index (χ0n) is 18.7. The van der Waals surface area contributed by atoms with Crippen LogP contribution < -0.4 is 4.90 Å². The lowest BCUT2D eigenvalue weighted by atomic mass is 10.0. The molecule has 33 heavy (non-hydrogen) atoms. The standard InChI is InChI=1S/C26H28N4O2S/c31-26(28-13-15-32-16-14-28)24-22-18-33-23-11-5-4-10-21(23)25(22)30(27-24)20-9-6-12-29(17-20)19-7-2-1-3-8-19/h1-5,7-8,10-11,20H,6,9,12-18H2. The predicted octanol–water partition coefficient (Wildman–Crippen LogP) is 4.47. The Morgan fingerprint density at radius 2 is 1.79 bits per heavy atom. The molecule has 7 heteroatoms. The molecule has 1 unspecified atom stereocenters. The Kier molecular flexibility index (Phi) is 5.60. The average Bonchev–Trinajstić information content (AvgIpc) is 3.30. The first-order valence-corrected chi connectivity index (χ1v) is 12.8. The molecule has 0 spiro atoms. The fraction of sp³-hybridized carbons (Fsp3) is 0.385. The van der Waals surface area contributed by atoms with Gasteiger partial charge in [0, 0.05) is 53.6 Å². The van der Waals surface area contributed by atoms with Crippen molar-refractivity contribution in [1.29, 1.82) is 0 Å². The molecule has 0 aliphatic carbocycles. The molecule has 0 saturated carbocycles. The molecular formula is C26H28N4O2S. The third-order valence-electron chi connectivity index (χ3n) is 6.89. The van der Waals surface area contributed by atoms with E-state index in [0.717, 1.165) is 42.9 Å². The summed E-state index contributed by atoms with van der Waals surface area (Å²) in [6.07, 6.45) is 2.18. The first-order valence-electron chi connectivity index (χ1n) is 11.8. The highest BCUT2D eigenvalue weighted by Crippen LogP contribution is 2.44. The molecule has 3 aliphatic heterocycles. The normalized spacial score (nSPS) is 20.3. The molecule has 2 saturated heterocycles. The molecular weight excluding hydrogens is 432 g/mol. The number of para-hydroxylation sites is 1. The van der Waals surface area contributed by atoms with Crippen molar-refractivity contribution in [3.8, 4) is 11.3 Å². The summed E-state index contributed by atoms with van der Waals surface area (Å²) < 4.78 is 7.66. The molecule has 0 radical (unpaired) electrons. The van der Waals surface area contributed by atoms with E-state index in [-0.39, 0.29) is 11.9 Å². The number of amides is 1. The number of morpholine rings is 1. The summed E-state index contributed by atoms with van der Waals surface area (Å²) >= 11 is 1.81. The van der Waals surface area contributed by atoms with Crippen molar-refractivity contribution in [1.82, 2.24) is 14.7 Å². The largest absolute Gasteiger partial charge is 0.378 e. The van der Waals surface area contributed by atoms with Crippen molar-refractivity contribution >= 4 is 23.4 Å².